The van der Waals surface area contributed by atoms with E-state index >= 15 is 0 Å². The summed E-state index contributed by atoms with van der Waals surface area (Å²) >= 11 is 0. The maximum Gasteiger partial charge on any atom is 0.224 e. The summed E-state index contributed by atoms with van der Waals surface area (Å²) in [5, 5.41) is 2.76. The lowest BCUT2D eigenvalue weighted by Crippen LogP contribution is -2.34. The third kappa shape index (κ3) is 5.30. The predicted octanol–water partition coefficient (Wildman–Crippen LogP) is 1.19. The molecule has 0 heterocycles. The van der Waals surface area contributed by atoms with Crippen LogP contribution in [0.5, 0.6) is 0 Å². The van der Waals surface area contributed by atoms with Crippen LogP contribution in [-0.2, 0) is 16.0 Å². The summed E-state index contributed by atoms with van der Waals surface area (Å²) in [7, 11) is 0. The van der Waals surface area contributed by atoms with Gasteiger partial charge >= 0.3 is 0 Å². The number of benzene rings is 1. The van der Waals surface area contributed by atoms with E-state index in [2.05, 4.69) is 5.32 Å². The Morgan fingerprint density at radius 1 is 1.15 bits per heavy atom. The van der Waals surface area contributed by atoms with Crippen molar-refractivity contribution < 1.29 is 9.59 Å². The van der Waals surface area contributed by atoms with Crippen molar-refractivity contribution in [3.8, 4) is 0 Å². The third-order valence-corrected chi connectivity index (χ3v) is 3.12. The summed E-state index contributed by atoms with van der Waals surface area (Å²) < 4.78 is 0. The maximum absolute atomic E-state index is 11.7. The largest absolute Gasteiger partial charge is 0.399 e. The van der Waals surface area contributed by atoms with Gasteiger partial charge in [0.2, 0.25) is 11.8 Å². The number of amides is 2. The monoisotopic (exact) mass is 277 g/mol. The average molecular weight is 277 g/mol. The van der Waals surface area contributed by atoms with Gasteiger partial charge in [0, 0.05) is 31.7 Å². The quantitative estimate of drug-likeness (QED) is 0.735. The van der Waals surface area contributed by atoms with Gasteiger partial charge in [-0.3, -0.25) is 9.59 Å². The Morgan fingerprint density at radius 2 is 1.75 bits per heavy atom. The Morgan fingerprint density at radius 3 is 2.30 bits per heavy atom. The van der Waals surface area contributed by atoms with E-state index in [-0.39, 0.29) is 11.8 Å². The van der Waals surface area contributed by atoms with Crippen LogP contribution in [-0.4, -0.2) is 36.3 Å². The highest BCUT2D eigenvalue weighted by atomic mass is 16.2. The average Bonchev–Trinajstić information content (AvgIpc) is 2.43. The molecule has 0 aliphatic carbocycles. The Bertz CT molecular complexity index is 439. The van der Waals surface area contributed by atoms with Crippen LogP contribution in [0.3, 0.4) is 0 Å². The van der Waals surface area contributed by atoms with Crippen LogP contribution in [0.4, 0.5) is 5.69 Å². The fourth-order valence-electron chi connectivity index (χ4n) is 1.93. The predicted molar refractivity (Wildman–Crippen MR) is 80.1 cm³/mol. The Labute approximate surface area is 120 Å². The summed E-state index contributed by atoms with van der Waals surface area (Å²) in [6.45, 7) is 5.68. The Kier molecular flexibility index (Phi) is 6.56. The van der Waals surface area contributed by atoms with Gasteiger partial charge in [-0.25, -0.2) is 0 Å². The normalized spacial score (nSPS) is 10.1. The molecule has 5 nitrogen and oxygen atoms in total. The summed E-state index contributed by atoms with van der Waals surface area (Å²) in [5.41, 5.74) is 7.17. The maximum atomic E-state index is 11.7. The molecule has 0 atom stereocenters. The molecule has 1 aromatic rings. The van der Waals surface area contributed by atoms with Gasteiger partial charge < -0.3 is 16.0 Å². The minimum atomic E-state index is -0.0814. The molecule has 0 bridgehead atoms. The van der Waals surface area contributed by atoms with Crippen molar-refractivity contribution in [1.29, 1.82) is 0 Å². The van der Waals surface area contributed by atoms with Crippen molar-refractivity contribution in [2.75, 3.05) is 25.4 Å². The first-order chi connectivity index (χ1) is 9.56. The number of hydrogen-bond donors (Lipinski definition) is 2. The molecule has 3 N–H and O–H groups in total. The molecule has 2 amide bonds. The number of carbonyl (C=O) groups excluding carboxylic acids is 2. The number of anilines is 1. The van der Waals surface area contributed by atoms with Crippen molar-refractivity contribution in [2.24, 2.45) is 0 Å². The van der Waals surface area contributed by atoms with Crippen LogP contribution in [0.2, 0.25) is 0 Å². The van der Waals surface area contributed by atoms with Crippen molar-refractivity contribution in [1.82, 2.24) is 10.2 Å². The van der Waals surface area contributed by atoms with Crippen LogP contribution in [0.25, 0.3) is 0 Å². The van der Waals surface area contributed by atoms with Gasteiger partial charge in [-0.15, -0.1) is 0 Å². The molecule has 0 aliphatic rings. The fourth-order valence-corrected chi connectivity index (χ4v) is 1.93. The summed E-state index contributed by atoms with van der Waals surface area (Å²) in [6.07, 6.45) is 0.648. The zero-order chi connectivity index (χ0) is 15.0. The van der Waals surface area contributed by atoms with Crippen LogP contribution in [0.15, 0.2) is 24.3 Å². The van der Waals surface area contributed by atoms with E-state index in [1.165, 1.54) is 0 Å². The molecule has 0 unspecified atom stereocenters. The highest BCUT2D eigenvalue weighted by Gasteiger charge is 2.09. The number of nitrogens with zero attached hydrogens (tertiary/aromatic N) is 1. The second-order valence-electron chi connectivity index (χ2n) is 4.58. The Hall–Kier alpha value is -2.04. The summed E-state index contributed by atoms with van der Waals surface area (Å²) in [6, 6.07) is 7.20. The summed E-state index contributed by atoms with van der Waals surface area (Å²) in [5.74, 6) is -0.00935. The molecule has 0 aliphatic heterocycles. The van der Waals surface area contributed by atoms with Crippen LogP contribution < -0.4 is 11.1 Å². The van der Waals surface area contributed by atoms with E-state index in [4.69, 9.17) is 5.73 Å². The van der Waals surface area contributed by atoms with E-state index in [0.29, 0.717) is 38.2 Å². The molecular weight excluding hydrogens is 254 g/mol. The van der Waals surface area contributed by atoms with Crippen molar-refractivity contribution in [2.45, 2.75) is 26.7 Å². The fraction of sp³-hybridized carbons (Fsp3) is 0.467. The van der Waals surface area contributed by atoms with Crippen LogP contribution >= 0.6 is 0 Å². The van der Waals surface area contributed by atoms with Crippen molar-refractivity contribution >= 4 is 17.5 Å². The van der Waals surface area contributed by atoms with Crippen LogP contribution in [0, 0.1) is 0 Å². The van der Waals surface area contributed by atoms with Gasteiger partial charge in [-0.1, -0.05) is 12.1 Å². The molecule has 1 rings (SSSR count). The number of nitrogens with two attached hydrogens (primary N) is 1. The van der Waals surface area contributed by atoms with E-state index in [1.54, 1.807) is 17.0 Å². The zero-order valence-electron chi connectivity index (χ0n) is 12.2. The molecule has 0 fully saturated rings. The number of hydrogen-bond acceptors (Lipinski definition) is 3. The van der Waals surface area contributed by atoms with Gasteiger partial charge in [0.15, 0.2) is 0 Å². The van der Waals surface area contributed by atoms with Crippen molar-refractivity contribution in [3.63, 3.8) is 0 Å². The van der Waals surface area contributed by atoms with Gasteiger partial charge in [0.1, 0.15) is 0 Å². The van der Waals surface area contributed by atoms with E-state index in [1.807, 2.05) is 26.0 Å². The number of rotatable bonds is 7. The van der Waals surface area contributed by atoms with Gasteiger partial charge in [0.05, 0.1) is 6.42 Å². The molecule has 5 heteroatoms. The van der Waals surface area contributed by atoms with E-state index < -0.39 is 0 Å². The van der Waals surface area contributed by atoms with E-state index in [9.17, 15) is 9.59 Å². The number of nitrogens with one attached hydrogen (secondary N) is 1. The molecular formula is C15H23N3O2. The zero-order valence-corrected chi connectivity index (χ0v) is 12.2. The first-order valence-electron chi connectivity index (χ1n) is 6.95. The molecule has 0 aromatic heterocycles. The van der Waals surface area contributed by atoms with Gasteiger partial charge in [0.25, 0.3) is 0 Å². The molecule has 110 valence electrons. The minimum Gasteiger partial charge on any atom is -0.399 e. The topological polar surface area (TPSA) is 75.4 Å². The minimum absolute atomic E-state index is 0.0720. The molecule has 20 heavy (non-hydrogen) atoms. The lowest BCUT2D eigenvalue weighted by atomic mass is 10.1. The lowest BCUT2D eigenvalue weighted by molar-refractivity contribution is -0.130. The number of nitrogen functional groups attached to an aromatic ring is 1. The lowest BCUT2D eigenvalue weighted by Gasteiger charge is -2.18. The highest BCUT2D eigenvalue weighted by molar-refractivity contribution is 5.80. The number of carbonyl (C=O) groups is 2. The Balaban J connectivity index is 2.30. The van der Waals surface area contributed by atoms with Crippen molar-refractivity contribution in [3.05, 3.63) is 29.8 Å². The second-order valence-corrected chi connectivity index (χ2v) is 4.58. The SMILES string of the molecule is CCN(CC)C(=O)CCNC(=O)Cc1ccc(N)cc1. The highest BCUT2D eigenvalue weighted by Crippen LogP contribution is 2.05. The first kappa shape index (κ1) is 16.0. The first-order valence-corrected chi connectivity index (χ1v) is 6.95. The molecule has 0 radical (unpaired) electrons. The molecule has 1 aromatic carbocycles. The smallest absolute Gasteiger partial charge is 0.224 e. The van der Waals surface area contributed by atoms with Crippen LogP contribution in [0.1, 0.15) is 25.8 Å². The molecule has 0 saturated heterocycles. The molecule has 0 spiro atoms. The third-order valence-electron chi connectivity index (χ3n) is 3.12. The molecule has 0 saturated carbocycles. The van der Waals surface area contributed by atoms with E-state index in [0.717, 1.165) is 5.56 Å². The standard InChI is InChI=1S/C15H23N3O2/c1-3-18(4-2)15(20)9-10-17-14(19)11-12-5-7-13(16)8-6-12/h5-8H,3-4,9-11,16H2,1-2H3,(H,17,19). The summed E-state index contributed by atoms with van der Waals surface area (Å²) in [4.78, 5) is 25.2. The van der Waals surface area contributed by atoms with Gasteiger partial charge in [-0.2, -0.15) is 0 Å². The second kappa shape index (κ2) is 8.19. The van der Waals surface area contributed by atoms with Gasteiger partial charge in [-0.05, 0) is 31.5 Å².